The van der Waals surface area contributed by atoms with Crippen molar-refractivity contribution in [2.45, 2.75) is 17.9 Å². The van der Waals surface area contributed by atoms with Crippen LogP contribution in [0.2, 0.25) is 0 Å². The van der Waals surface area contributed by atoms with Crippen molar-refractivity contribution in [1.82, 2.24) is 4.72 Å². The number of nitrogens with zero attached hydrogens (tertiary/aromatic N) is 1. The highest BCUT2D eigenvalue weighted by molar-refractivity contribution is 7.89. The van der Waals surface area contributed by atoms with Crippen molar-refractivity contribution in [3.8, 4) is 6.07 Å². The highest BCUT2D eigenvalue weighted by atomic mass is 32.2. The van der Waals surface area contributed by atoms with Gasteiger partial charge in [-0.3, -0.25) is 0 Å². The SMILES string of the molecule is CC(N)CNS(=O)(=O)c1ccc(F)c(C#N)c1. The molecule has 1 aromatic rings. The van der Waals surface area contributed by atoms with E-state index >= 15 is 0 Å². The van der Waals surface area contributed by atoms with E-state index in [1.54, 1.807) is 13.0 Å². The maximum absolute atomic E-state index is 13.0. The molecule has 1 atom stereocenters. The molecule has 0 bridgehead atoms. The van der Waals surface area contributed by atoms with Gasteiger partial charge in [0.15, 0.2) is 0 Å². The Bertz CT molecular complexity index is 549. The zero-order chi connectivity index (χ0) is 13.1. The van der Waals surface area contributed by atoms with Gasteiger partial charge in [-0.25, -0.2) is 17.5 Å². The van der Waals surface area contributed by atoms with Gasteiger partial charge < -0.3 is 5.73 Å². The Labute approximate surface area is 99.1 Å². The number of nitriles is 1. The van der Waals surface area contributed by atoms with Crippen molar-refractivity contribution < 1.29 is 12.8 Å². The van der Waals surface area contributed by atoms with E-state index in [2.05, 4.69) is 4.72 Å². The number of hydrogen-bond donors (Lipinski definition) is 2. The molecule has 7 heteroatoms. The predicted molar refractivity (Wildman–Crippen MR) is 60.0 cm³/mol. The van der Waals surface area contributed by atoms with Crippen LogP contribution in [0.15, 0.2) is 23.1 Å². The van der Waals surface area contributed by atoms with E-state index in [1.807, 2.05) is 0 Å². The topological polar surface area (TPSA) is 96.0 Å². The van der Waals surface area contributed by atoms with Crippen molar-refractivity contribution in [1.29, 1.82) is 5.26 Å². The van der Waals surface area contributed by atoms with Crippen LogP contribution in [0.5, 0.6) is 0 Å². The fourth-order valence-corrected chi connectivity index (χ4v) is 2.25. The lowest BCUT2D eigenvalue weighted by Gasteiger charge is -2.09. The quantitative estimate of drug-likeness (QED) is 0.812. The van der Waals surface area contributed by atoms with Crippen LogP contribution < -0.4 is 10.5 Å². The van der Waals surface area contributed by atoms with E-state index in [1.165, 1.54) is 0 Å². The minimum absolute atomic E-state index is 0.0710. The summed E-state index contributed by atoms with van der Waals surface area (Å²) in [7, 11) is -3.75. The van der Waals surface area contributed by atoms with E-state index in [-0.39, 0.29) is 23.0 Å². The second-order valence-corrected chi connectivity index (χ2v) is 5.35. The van der Waals surface area contributed by atoms with E-state index in [0.717, 1.165) is 18.2 Å². The second kappa shape index (κ2) is 5.23. The Morgan fingerprint density at radius 2 is 2.24 bits per heavy atom. The summed E-state index contributed by atoms with van der Waals surface area (Å²) in [5.41, 5.74) is 5.11. The van der Waals surface area contributed by atoms with Crippen LogP contribution in [-0.2, 0) is 10.0 Å². The fraction of sp³-hybridized carbons (Fsp3) is 0.300. The lowest BCUT2D eigenvalue weighted by molar-refractivity contribution is 0.573. The van der Waals surface area contributed by atoms with Gasteiger partial charge in [0.1, 0.15) is 11.9 Å². The number of rotatable bonds is 4. The van der Waals surface area contributed by atoms with E-state index < -0.39 is 15.8 Å². The lowest BCUT2D eigenvalue weighted by Crippen LogP contribution is -2.35. The molecule has 0 amide bonds. The molecule has 0 aliphatic heterocycles. The average molecular weight is 257 g/mol. The normalized spacial score (nSPS) is 13.1. The molecule has 0 heterocycles. The molecule has 1 rings (SSSR count). The molecule has 17 heavy (non-hydrogen) atoms. The Morgan fingerprint density at radius 3 is 2.76 bits per heavy atom. The summed E-state index contributed by atoms with van der Waals surface area (Å²) in [5, 5.41) is 8.60. The summed E-state index contributed by atoms with van der Waals surface area (Å²) in [6.45, 7) is 1.72. The Balaban J connectivity index is 3.04. The molecular formula is C10H12FN3O2S. The van der Waals surface area contributed by atoms with E-state index in [9.17, 15) is 12.8 Å². The van der Waals surface area contributed by atoms with Crippen molar-refractivity contribution in [2.24, 2.45) is 5.73 Å². The van der Waals surface area contributed by atoms with Crippen LogP contribution in [0, 0.1) is 17.1 Å². The largest absolute Gasteiger partial charge is 0.327 e. The van der Waals surface area contributed by atoms with Crippen molar-refractivity contribution in [2.75, 3.05) is 6.54 Å². The van der Waals surface area contributed by atoms with Crippen molar-refractivity contribution in [3.63, 3.8) is 0 Å². The van der Waals surface area contributed by atoms with Gasteiger partial charge in [-0.15, -0.1) is 0 Å². The Morgan fingerprint density at radius 1 is 1.59 bits per heavy atom. The van der Waals surface area contributed by atoms with E-state index in [0.29, 0.717) is 0 Å². The zero-order valence-corrected chi connectivity index (χ0v) is 9.96. The molecule has 0 spiro atoms. The first-order valence-electron chi connectivity index (χ1n) is 4.81. The predicted octanol–water partition coefficient (Wildman–Crippen LogP) is 0.323. The third-order valence-electron chi connectivity index (χ3n) is 1.96. The van der Waals surface area contributed by atoms with Crippen LogP contribution in [-0.4, -0.2) is 21.0 Å². The first-order valence-corrected chi connectivity index (χ1v) is 6.30. The first-order chi connectivity index (χ1) is 7.86. The number of halogens is 1. The summed E-state index contributed by atoms with van der Waals surface area (Å²) >= 11 is 0. The van der Waals surface area contributed by atoms with Gasteiger partial charge in [0, 0.05) is 12.6 Å². The standard InChI is InChI=1S/C10H12FN3O2S/c1-7(13)6-14-17(15,16)9-2-3-10(11)8(4-9)5-12/h2-4,7,14H,6,13H2,1H3. The molecule has 0 fully saturated rings. The third kappa shape index (κ3) is 3.49. The van der Waals surface area contributed by atoms with Crippen LogP contribution >= 0.6 is 0 Å². The summed E-state index contributed by atoms with van der Waals surface area (Å²) in [4.78, 5) is -0.156. The van der Waals surface area contributed by atoms with Gasteiger partial charge in [-0.05, 0) is 25.1 Å². The molecule has 3 N–H and O–H groups in total. The maximum Gasteiger partial charge on any atom is 0.240 e. The van der Waals surface area contributed by atoms with Crippen molar-refractivity contribution >= 4 is 10.0 Å². The molecule has 0 radical (unpaired) electrons. The molecule has 92 valence electrons. The summed E-state index contributed by atoms with van der Waals surface area (Å²) < 4.78 is 38.7. The molecule has 0 aliphatic carbocycles. The first kappa shape index (κ1) is 13.6. The van der Waals surface area contributed by atoms with Gasteiger partial charge in [0.25, 0.3) is 0 Å². The third-order valence-corrected chi connectivity index (χ3v) is 3.39. The number of benzene rings is 1. The summed E-state index contributed by atoms with van der Waals surface area (Å²) in [5.74, 6) is -0.751. The molecular weight excluding hydrogens is 245 g/mol. The van der Waals surface area contributed by atoms with Crippen LogP contribution in [0.3, 0.4) is 0 Å². The monoisotopic (exact) mass is 257 g/mol. The van der Waals surface area contributed by atoms with Crippen LogP contribution in [0.1, 0.15) is 12.5 Å². The Kier molecular flexibility index (Phi) is 4.17. The van der Waals surface area contributed by atoms with Crippen LogP contribution in [0.4, 0.5) is 4.39 Å². The number of hydrogen-bond acceptors (Lipinski definition) is 4. The molecule has 5 nitrogen and oxygen atoms in total. The molecule has 0 saturated heterocycles. The highest BCUT2D eigenvalue weighted by Gasteiger charge is 2.16. The molecule has 0 aromatic heterocycles. The summed E-state index contributed by atoms with van der Waals surface area (Å²) in [6.07, 6.45) is 0. The van der Waals surface area contributed by atoms with Gasteiger partial charge in [-0.1, -0.05) is 0 Å². The van der Waals surface area contributed by atoms with E-state index in [4.69, 9.17) is 11.0 Å². The number of nitrogens with two attached hydrogens (primary N) is 1. The average Bonchev–Trinajstić information content (AvgIpc) is 2.27. The number of nitrogens with one attached hydrogen (secondary N) is 1. The zero-order valence-electron chi connectivity index (χ0n) is 9.14. The molecule has 1 unspecified atom stereocenters. The smallest absolute Gasteiger partial charge is 0.240 e. The lowest BCUT2D eigenvalue weighted by atomic mass is 10.2. The van der Waals surface area contributed by atoms with Gasteiger partial charge in [0.05, 0.1) is 10.5 Å². The van der Waals surface area contributed by atoms with Gasteiger partial charge in [-0.2, -0.15) is 5.26 Å². The Hall–Kier alpha value is -1.49. The molecule has 1 aromatic carbocycles. The minimum Gasteiger partial charge on any atom is -0.327 e. The van der Waals surface area contributed by atoms with Gasteiger partial charge in [0.2, 0.25) is 10.0 Å². The maximum atomic E-state index is 13.0. The summed E-state index contributed by atoms with van der Waals surface area (Å²) in [6, 6.07) is 4.27. The van der Waals surface area contributed by atoms with Crippen LogP contribution in [0.25, 0.3) is 0 Å². The second-order valence-electron chi connectivity index (χ2n) is 3.58. The number of sulfonamides is 1. The molecule has 0 aliphatic rings. The molecule has 0 saturated carbocycles. The van der Waals surface area contributed by atoms with Gasteiger partial charge >= 0.3 is 0 Å². The van der Waals surface area contributed by atoms with Crippen molar-refractivity contribution in [3.05, 3.63) is 29.6 Å². The fourth-order valence-electron chi connectivity index (χ4n) is 1.08. The highest BCUT2D eigenvalue weighted by Crippen LogP contribution is 2.14. The minimum atomic E-state index is -3.75.